The summed E-state index contributed by atoms with van der Waals surface area (Å²) in [5.41, 5.74) is 0.428. The highest BCUT2D eigenvalue weighted by atomic mass is 32.2. The molecule has 1 aromatic carbocycles. The summed E-state index contributed by atoms with van der Waals surface area (Å²) in [4.78, 5) is 17.1. The maximum atomic E-state index is 13.6. The van der Waals surface area contributed by atoms with Gasteiger partial charge in [0.1, 0.15) is 11.6 Å². The Labute approximate surface area is 141 Å². The van der Waals surface area contributed by atoms with Crippen LogP contribution in [0, 0.1) is 11.6 Å². The summed E-state index contributed by atoms with van der Waals surface area (Å²) in [5, 5.41) is 2.72. The Morgan fingerprint density at radius 2 is 2.12 bits per heavy atom. The van der Waals surface area contributed by atoms with Gasteiger partial charge in [-0.05, 0) is 12.1 Å². The Hall–Kier alpha value is -1.91. The Bertz CT molecular complexity index is 912. The molecular weight excluding hydrogens is 360 g/mol. The molecule has 0 spiro atoms. The number of hydrogen-bond donors (Lipinski definition) is 1. The van der Waals surface area contributed by atoms with Crippen LogP contribution in [0.2, 0.25) is 0 Å². The van der Waals surface area contributed by atoms with Crippen LogP contribution in [0.25, 0.3) is 0 Å². The van der Waals surface area contributed by atoms with E-state index in [0.717, 1.165) is 40.3 Å². The highest BCUT2D eigenvalue weighted by Crippen LogP contribution is 2.29. The fourth-order valence-corrected chi connectivity index (χ4v) is 4.23. The number of benzene rings is 1. The van der Waals surface area contributed by atoms with Crippen molar-refractivity contribution in [3.63, 3.8) is 0 Å². The largest absolute Gasteiger partial charge is 0.298 e. The fourth-order valence-electron chi connectivity index (χ4n) is 2.35. The van der Waals surface area contributed by atoms with Crippen LogP contribution in [0.15, 0.2) is 18.2 Å². The lowest BCUT2D eigenvalue weighted by atomic mass is 10.2. The second kappa shape index (κ2) is 6.19. The van der Waals surface area contributed by atoms with E-state index in [4.69, 9.17) is 0 Å². The number of thiazole rings is 1. The van der Waals surface area contributed by atoms with Crippen LogP contribution in [0.3, 0.4) is 0 Å². The van der Waals surface area contributed by atoms with Crippen LogP contribution in [-0.2, 0) is 23.0 Å². The molecule has 24 heavy (non-hydrogen) atoms. The molecule has 0 atom stereocenters. The number of carbonyl (C=O) groups excluding carboxylic acids is 1. The molecule has 10 heteroatoms. The molecule has 6 nitrogen and oxygen atoms in total. The van der Waals surface area contributed by atoms with Gasteiger partial charge in [-0.15, -0.1) is 11.3 Å². The molecule has 0 unspecified atom stereocenters. The summed E-state index contributed by atoms with van der Waals surface area (Å²) >= 11 is 1.14. The molecule has 0 fully saturated rings. The van der Waals surface area contributed by atoms with Crippen molar-refractivity contribution in [1.82, 2.24) is 9.29 Å². The molecule has 1 amide bonds. The van der Waals surface area contributed by atoms with E-state index in [9.17, 15) is 22.0 Å². The molecule has 0 saturated heterocycles. The van der Waals surface area contributed by atoms with Crippen molar-refractivity contribution < 1.29 is 22.0 Å². The Morgan fingerprint density at radius 3 is 2.79 bits per heavy atom. The number of aromatic nitrogens is 1. The second-order valence-corrected chi connectivity index (χ2v) is 8.38. The van der Waals surface area contributed by atoms with Gasteiger partial charge < -0.3 is 0 Å². The van der Waals surface area contributed by atoms with Crippen molar-refractivity contribution in [2.75, 3.05) is 18.1 Å². The molecule has 1 N–H and O–H groups in total. The van der Waals surface area contributed by atoms with E-state index in [2.05, 4.69) is 10.3 Å². The van der Waals surface area contributed by atoms with Crippen molar-refractivity contribution >= 4 is 32.4 Å². The van der Waals surface area contributed by atoms with Crippen LogP contribution >= 0.6 is 11.3 Å². The molecule has 2 heterocycles. The first-order valence-corrected chi connectivity index (χ1v) is 9.60. The van der Waals surface area contributed by atoms with Gasteiger partial charge in [-0.2, -0.15) is 4.31 Å². The average molecular weight is 373 g/mol. The minimum absolute atomic E-state index is 0.201. The van der Waals surface area contributed by atoms with E-state index in [1.54, 1.807) is 0 Å². The summed E-state index contributed by atoms with van der Waals surface area (Å²) in [6.45, 7) is 0.530. The van der Waals surface area contributed by atoms with Crippen LogP contribution < -0.4 is 5.32 Å². The minimum atomic E-state index is -3.30. The van der Waals surface area contributed by atoms with Crippen molar-refractivity contribution in [1.29, 1.82) is 0 Å². The Kier molecular flexibility index (Phi) is 4.37. The fraction of sp³-hybridized carbons (Fsp3) is 0.286. The number of amides is 1. The molecule has 0 saturated carbocycles. The quantitative estimate of drug-likeness (QED) is 0.892. The molecule has 2 aromatic rings. The number of halogens is 2. The summed E-state index contributed by atoms with van der Waals surface area (Å²) in [5.74, 6) is -2.47. The number of nitrogens with zero attached hydrogens (tertiary/aromatic N) is 2. The van der Waals surface area contributed by atoms with E-state index < -0.39 is 27.6 Å². The first kappa shape index (κ1) is 16.9. The molecule has 0 radical (unpaired) electrons. The van der Waals surface area contributed by atoms with Gasteiger partial charge >= 0.3 is 0 Å². The monoisotopic (exact) mass is 373 g/mol. The Morgan fingerprint density at radius 1 is 1.38 bits per heavy atom. The zero-order chi connectivity index (χ0) is 17.5. The third kappa shape index (κ3) is 3.45. The third-order valence-electron chi connectivity index (χ3n) is 3.56. The van der Waals surface area contributed by atoms with Gasteiger partial charge in [-0.25, -0.2) is 22.2 Å². The Balaban J connectivity index is 1.78. The first-order chi connectivity index (χ1) is 11.2. The van der Waals surface area contributed by atoms with Crippen LogP contribution in [0.1, 0.15) is 20.9 Å². The van der Waals surface area contributed by atoms with Gasteiger partial charge in [0.25, 0.3) is 5.91 Å². The molecule has 1 aromatic heterocycles. The number of anilines is 1. The first-order valence-electron chi connectivity index (χ1n) is 6.94. The third-order valence-corrected chi connectivity index (χ3v) is 5.81. The van der Waals surface area contributed by atoms with E-state index in [0.29, 0.717) is 19.0 Å². The van der Waals surface area contributed by atoms with Gasteiger partial charge in [0.15, 0.2) is 5.13 Å². The van der Waals surface area contributed by atoms with Gasteiger partial charge in [0, 0.05) is 30.5 Å². The standard InChI is InChI=1S/C14H13F2N3O3S2/c1-24(21,22)19-5-4-11-12(7-19)23-14(17-11)18-13(20)9-3-2-8(15)6-10(9)16/h2-3,6H,4-5,7H2,1H3,(H,17,18,20). The number of hydrogen-bond acceptors (Lipinski definition) is 5. The molecule has 3 rings (SSSR count). The van der Waals surface area contributed by atoms with Crippen molar-refractivity contribution in [2.45, 2.75) is 13.0 Å². The zero-order valence-corrected chi connectivity index (χ0v) is 14.2. The molecular formula is C14H13F2N3O3S2. The molecule has 1 aliphatic rings. The summed E-state index contributed by atoms with van der Waals surface area (Å²) in [6, 6.07) is 2.68. The van der Waals surface area contributed by atoms with Crippen LogP contribution in [-0.4, -0.2) is 36.4 Å². The lowest BCUT2D eigenvalue weighted by Crippen LogP contribution is -2.34. The SMILES string of the molecule is CS(=O)(=O)N1CCc2nc(NC(=O)c3ccc(F)cc3F)sc2C1. The number of fused-ring (bicyclic) bond motifs is 1. The highest BCUT2D eigenvalue weighted by Gasteiger charge is 2.26. The topological polar surface area (TPSA) is 79.4 Å². The van der Waals surface area contributed by atoms with Crippen LogP contribution in [0.4, 0.5) is 13.9 Å². The average Bonchev–Trinajstić information content (AvgIpc) is 2.87. The molecule has 0 bridgehead atoms. The molecule has 128 valence electrons. The summed E-state index contributed by atoms with van der Waals surface area (Å²) in [6.07, 6.45) is 1.58. The normalized spacial score (nSPS) is 15.1. The van der Waals surface area contributed by atoms with E-state index in [-0.39, 0.29) is 17.2 Å². The van der Waals surface area contributed by atoms with Gasteiger partial charge in [-0.3, -0.25) is 10.1 Å². The maximum Gasteiger partial charge on any atom is 0.260 e. The number of nitrogens with one attached hydrogen (secondary N) is 1. The maximum absolute atomic E-state index is 13.6. The lowest BCUT2D eigenvalue weighted by Gasteiger charge is -2.23. The van der Waals surface area contributed by atoms with Crippen LogP contribution in [0.5, 0.6) is 0 Å². The zero-order valence-electron chi connectivity index (χ0n) is 12.5. The number of sulfonamides is 1. The number of carbonyl (C=O) groups is 1. The highest BCUT2D eigenvalue weighted by molar-refractivity contribution is 7.88. The van der Waals surface area contributed by atoms with Gasteiger partial charge in [-0.1, -0.05) is 0 Å². The predicted octanol–water partition coefficient (Wildman–Crippen LogP) is 1.99. The van der Waals surface area contributed by atoms with E-state index >= 15 is 0 Å². The molecule has 0 aliphatic carbocycles. The van der Waals surface area contributed by atoms with Crippen molar-refractivity contribution in [3.05, 3.63) is 46.0 Å². The lowest BCUT2D eigenvalue weighted by molar-refractivity contribution is 0.102. The van der Waals surface area contributed by atoms with Crippen molar-refractivity contribution in [2.24, 2.45) is 0 Å². The smallest absolute Gasteiger partial charge is 0.260 e. The second-order valence-electron chi connectivity index (χ2n) is 5.31. The summed E-state index contributed by atoms with van der Waals surface area (Å²) in [7, 11) is -3.30. The minimum Gasteiger partial charge on any atom is -0.298 e. The van der Waals surface area contributed by atoms with Gasteiger partial charge in [0.2, 0.25) is 10.0 Å². The number of rotatable bonds is 3. The van der Waals surface area contributed by atoms with Crippen molar-refractivity contribution in [3.8, 4) is 0 Å². The van der Waals surface area contributed by atoms with E-state index in [1.165, 1.54) is 4.31 Å². The van der Waals surface area contributed by atoms with Gasteiger partial charge in [0.05, 0.1) is 17.5 Å². The summed E-state index contributed by atoms with van der Waals surface area (Å²) < 4.78 is 51.0. The predicted molar refractivity (Wildman–Crippen MR) is 85.4 cm³/mol. The molecule has 1 aliphatic heterocycles. The van der Waals surface area contributed by atoms with E-state index in [1.807, 2.05) is 0 Å².